The molecule has 2 heterocycles. The van der Waals surface area contributed by atoms with Crippen molar-refractivity contribution in [3.63, 3.8) is 0 Å². The smallest absolute Gasteiger partial charge is 0.459 e. The number of nitrogens with one attached hydrogen (secondary N) is 2. The van der Waals surface area contributed by atoms with Gasteiger partial charge in [-0.15, -0.1) is 0 Å². The molecule has 3 rings (SSSR count). The lowest BCUT2D eigenvalue weighted by Crippen LogP contribution is -2.45. The van der Waals surface area contributed by atoms with Gasteiger partial charge in [0.1, 0.15) is 24.0 Å². The van der Waals surface area contributed by atoms with Gasteiger partial charge in [-0.05, 0) is 46.8 Å². The Morgan fingerprint density at radius 2 is 1.87 bits per heavy atom. The first kappa shape index (κ1) is 29.7. The molecule has 0 saturated carbocycles. The van der Waals surface area contributed by atoms with Gasteiger partial charge >= 0.3 is 19.4 Å². The molecule has 0 spiro atoms. The van der Waals surface area contributed by atoms with Gasteiger partial charge in [-0.25, -0.2) is 13.8 Å². The van der Waals surface area contributed by atoms with Crippen LogP contribution >= 0.6 is 7.75 Å². The van der Waals surface area contributed by atoms with Crippen LogP contribution in [0.4, 0.5) is 8.78 Å². The highest BCUT2D eigenvalue weighted by molar-refractivity contribution is 7.52. The predicted molar refractivity (Wildman–Crippen MR) is 130 cm³/mol. The summed E-state index contributed by atoms with van der Waals surface area (Å²) in [4.78, 5) is 37.6. The molecule has 1 saturated heterocycles. The SMILES string of the molecule is CC(C)OC(=O)[C@H](C)N[P@](=O)(Oc1ccccc1)O[C@H](C)[C@H]1O[C@@H](n2cc(F)c(=O)[nH]c2=O)C(C)(F)[C@H]1O. The largest absolute Gasteiger partial charge is 0.462 e. The van der Waals surface area contributed by atoms with E-state index in [0.29, 0.717) is 10.8 Å². The molecule has 15 heteroatoms. The summed E-state index contributed by atoms with van der Waals surface area (Å²) < 4.78 is 65.5. The molecule has 2 aromatic rings. The number of benzene rings is 1. The molecule has 1 unspecified atom stereocenters. The molecule has 0 amide bonds. The van der Waals surface area contributed by atoms with Crippen LogP contribution in [0.3, 0.4) is 0 Å². The number of H-pyrrole nitrogens is 1. The van der Waals surface area contributed by atoms with Gasteiger partial charge in [0.2, 0.25) is 5.82 Å². The summed E-state index contributed by atoms with van der Waals surface area (Å²) in [7, 11) is -4.43. The van der Waals surface area contributed by atoms with Crippen molar-refractivity contribution in [1.82, 2.24) is 14.6 Å². The number of esters is 1. The molecule has 12 nitrogen and oxygen atoms in total. The van der Waals surface area contributed by atoms with Gasteiger partial charge < -0.3 is 19.1 Å². The van der Waals surface area contributed by atoms with Crippen molar-refractivity contribution in [3.05, 3.63) is 63.2 Å². The third-order valence-corrected chi connectivity index (χ3v) is 7.39. The fraction of sp³-hybridized carbons (Fsp3) is 0.522. The molecule has 0 aliphatic carbocycles. The lowest BCUT2D eigenvalue weighted by atomic mass is 9.96. The van der Waals surface area contributed by atoms with Crippen molar-refractivity contribution in [3.8, 4) is 5.75 Å². The topological polar surface area (TPSA) is 158 Å². The summed E-state index contributed by atoms with van der Waals surface area (Å²) in [6, 6.07) is 6.67. The molecular weight excluding hydrogens is 531 g/mol. The number of aliphatic hydroxyl groups excluding tert-OH is 1. The van der Waals surface area contributed by atoms with Gasteiger partial charge in [0.05, 0.1) is 18.4 Å². The van der Waals surface area contributed by atoms with E-state index in [1.807, 2.05) is 0 Å². The van der Waals surface area contributed by atoms with Crippen LogP contribution < -0.4 is 20.9 Å². The molecule has 210 valence electrons. The first-order valence-corrected chi connectivity index (χ1v) is 13.2. The minimum atomic E-state index is -4.43. The fourth-order valence-corrected chi connectivity index (χ4v) is 5.46. The number of ether oxygens (including phenoxy) is 2. The summed E-state index contributed by atoms with van der Waals surface area (Å²) in [6.07, 6.45) is -6.76. The first-order valence-electron chi connectivity index (χ1n) is 11.7. The number of para-hydroxylation sites is 1. The van der Waals surface area contributed by atoms with Gasteiger partial charge in [-0.2, -0.15) is 9.48 Å². The average Bonchev–Trinajstić information content (AvgIpc) is 3.05. The van der Waals surface area contributed by atoms with Crippen LogP contribution in [0, 0.1) is 5.82 Å². The number of alkyl halides is 1. The Hall–Kier alpha value is -2.90. The standard InChI is InChI=1S/C23H30F2N3O9P/c1-12(2)34-20(31)13(3)27-38(33,37-15-9-7-6-8-10-15)36-14(4)17-18(29)23(5,25)21(35-17)28-11-16(24)19(30)26-22(28)32/h6-14,17-18,21,29H,1-5H3,(H,27,33)(H,26,30,32)/t13-,14+,17+,18-,21+,23?,38+/m0/s1. The zero-order valence-corrected chi connectivity index (χ0v) is 22.2. The monoisotopic (exact) mass is 561 g/mol. The number of nitrogens with zero attached hydrogens (tertiary/aromatic N) is 1. The molecule has 0 bridgehead atoms. The molecule has 1 fully saturated rings. The van der Waals surface area contributed by atoms with E-state index in [1.165, 1.54) is 26.0 Å². The van der Waals surface area contributed by atoms with E-state index >= 15 is 4.39 Å². The van der Waals surface area contributed by atoms with Crippen LogP contribution in [-0.4, -0.2) is 56.8 Å². The van der Waals surface area contributed by atoms with Crippen molar-refractivity contribution in [2.75, 3.05) is 0 Å². The Balaban J connectivity index is 1.88. The number of aliphatic hydroxyl groups is 1. The zero-order valence-electron chi connectivity index (χ0n) is 21.3. The zero-order chi connectivity index (χ0) is 28.4. The number of carbonyl (C=O) groups is 1. The van der Waals surface area contributed by atoms with E-state index in [0.717, 1.165) is 6.92 Å². The maximum absolute atomic E-state index is 15.6. The number of hydrogen-bond acceptors (Lipinski definition) is 9. The summed E-state index contributed by atoms with van der Waals surface area (Å²) in [6.45, 7) is 6.83. The van der Waals surface area contributed by atoms with Crippen LogP contribution in [0.1, 0.15) is 40.8 Å². The van der Waals surface area contributed by atoms with Gasteiger partial charge in [-0.3, -0.25) is 23.7 Å². The van der Waals surface area contributed by atoms with Crippen molar-refractivity contribution in [2.24, 2.45) is 0 Å². The third kappa shape index (κ3) is 6.56. The molecule has 0 radical (unpaired) electrons. The van der Waals surface area contributed by atoms with E-state index in [9.17, 15) is 28.4 Å². The Bertz CT molecular complexity index is 1300. The minimum absolute atomic E-state index is 0.108. The van der Waals surface area contributed by atoms with Crippen molar-refractivity contribution < 1.29 is 41.8 Å². The second-order valence-electron chi connectivity index (χ2n) is 9.24. The Labute approximate surface area is 216 Å². The van der Waals surface area contributed by atoms with Gasteiger partial charge in [0, 0.05) is 0 Å². The molecule has 1 aromatic carbocycles. The Kier molecular flexibility index (Phi) is 8.94. The number of halogens is 2. The lowest BCUT2D eigenvalue weighted by Gasteiger charge is -2.29. The van der Waals surface area contributed by atoms with E-state index in [-0.39, 0.29) is 5.75 Å². The number of rotatable bonds is 10. The summed E-state index contributed by atoms with van der Waals surface area (Å²) >= 11 is 0. The van der Waals surface area contributed by atoms with Crippen LogP contribution in [0.2, 0.25) is 0 Å². The predicted octanol–water partition coefficient (Wildman–Crippen LogP) is 2.18. The van der Waals surface area contributed by atoms with Crippen molar-refractivity contribution in [2.45, 2.75) is 77.0 Å². The van der Waals surface area contributed by atoms with Crippen LogP contribution in [0.15, 0.2) is 46.1 Å². The Morgan fingerprint density at radius 3 is 2.47 bits per heavy atom. The molecular formula is C23H30F2N3O9P. The first-order chi connectivity index (χ1) is 17.6. The van der Waals surface area contributed by atoms with Crippen LogP contribution in [-0.2, 0) is 23.4 Å². The van der Waals surface area contributed by atoms with Gasteiger partial charge in [0.25, 0.3) is 5.56 Å². The second-order valence-corrected chi connectivity index (χ2v) is 10.9. The molecule has 1 aromatic heterocycles. The maximum Gasteiger partial charge on any atom is 0.459 e. The molecule has 1 aliphatic heterocycles. The molecule has 38 heavy (non-hydrogen) atoms. The molecule has 3 N–H and O–H groups in total. The van der Waals surface area contributed by atoms with E-state index < -0.39 is 73.1 Å². The number of hydrogen-bond donors (Lipinski definition) is 3. The summed E-state index contributed by atoms with van der Waals surface area (Å²) in [5.74, 6) is -2.02. The highest BCUT2D eigenvalue weighted by atomic mass is 31.2. The number of aromatic amines is 1. The minimum Gasteiger partial charge on any atom is -0.462 e. The molecule has 1 aliphatic rings. The molecule has 7 atom stereocenters. The Morgan fingerprint density at radius 1 is 1.24 bits per heavy atom. The van der Waals surface area contributed by atoms with Crippen LogP contribution in [0.25, 0.3) is 0 Å². The van der Waals surface area contributed by atoms with E-state index in [1.54, 1.807) is 37.0 Å². The van der Waals surface area contributed by atoms with Gasteiger partial charge in [0.15, 0.2) is 11.9 Å². The van der Waals surface area contributed by atoms with Crippen molar-refractivity contribution >= 4 is 13.7 Å². The second kappa shape index (κ2) is 11.5. The normalized spacial score (nSPS) is 26.5. The summed E-state index contributed by atoms with van der Waals surface area (Å²) in [5, 5.41) is 13.2. The maximum atomic E-state index is 15.6. The third-order valence-electron chi connectivity index (χ3n) is 5.63. The van der Waals surface area contributed by atoms with E-state index in [4.69, 9.17) is 18.5 Å². The summed E-state index contributed by atoms with van der Waals surface area (Å²) in [5.41, 5.74) is -5.17. The van der Waals surface area contributed by atoms with Crippen molar-refractivity contribution in [1.29, 1.82) is 0 Å². The van der Waals surface area contributed by atoms with E-state index in [2.05, 4.69) is 5.09 Å². The fourth-order valence-electron chi connectivity index (χ4n) is 3.76. The highest BCUT2D eigenvalue weighted by Crippen LogP contribution is 2.49. The van der Waals surface area contributed by atoms with Gasteiger partial charge in [-0.1, -0.05) is 18.2 Å². The number of aromatic nitrogens is 2. The van der Waals surface area contributed by atoms with Crippen LogP contribution in [0.5, 0.6) is 5.75 Å². The highest BCUT2D eigenvalue weighted by Gasteiger charge is 2.58. The number of carbonyl (C=O) groups excluding carboxylic acids is 1. The quantitative estimate of drug-likeness (QED) is 0.290. The lowest BCUT2D eigenvalue weighted by molar-refractivity contribution is -0.149. The average molecular weight is 561 g/mol.